The summed E-state index contributed by atoms with van der Waals surface area (Å²) in [4.78, 5) is 14.6. The first-order valence-electron chi connectivity index (χ1n) is 10.8. The highest BCUT2D eigenvalue weighted by molar-refractivity contribution is 7.92. The molecule has 0 saturated carbocycles. The summed E-state index contributed by atoms with van der Waals surface area (Å²) in [6, 6.07) is 13.6. The number of sulfonamides is 2. The van der Waals surface area contributed by atoms with E-state index in [1.165, 1.54) is 28.6 Å². The molecule has 1 heterocycles. The second-order valence-corrected chi connectivity index (χ2v) is 12.0. The lowest BCUT2D eigenvalue weighted by Crippen LogP contribution is -2.32. The van der Waals surface area contributed by atoms with Gasteiger partial charge in [-0.05, 0) is 54.3 Å². The van der Waals surface area contributed by atoms with Gasteiger partial charge in [-0.15, -0.1) is 0 Å². The molecule has 34 heavy (non-hydrogen) atoms. The fraction of sp³-hybridized carbons (Fsp3) is 0.348. The van der Waals surface area contributed by atoms with Crippen molar-refractivity contribution < 1.29 is 21.6 Å². The average molecular weight is 507 g/mol. The lowest BCUT2D eigenvalue weighted by atomic mass is 10.1. The van der Waals surface area contributed by atoms with E-state index in [9.17, 15) is 21.6 Å². The van der Waals surface area contributed by atoms with Crippen molar-refractivity contribution in [2.24, 2.45) is 5.92 Å². The molecule has 1 aliphatic heterocycles. The van der Waals surface area contributed by atoms with Gasteiger partial charge in [-0.3, -0.25) is 4.79 Å². The number of amides is 1. The first-order chi connectivity index (χ1) is 16.0. The molecule has 0 aliphatic carbocycles. The summed E-state index contributed by atoms with van der Waals surface area (Å²) < 4.78 is 52.7. The van der Waals surface area contributed by atoms with E-state index in [4.69, 9.17) is 0 Å². The highest BCUT2D eigenvalue weighted by Crippen LogP contribution is 2.24. The zero-order valence-electron chi connectivity index (χ0n) is 19.3. The van der Waals surface area contributed by atoms with Crippen LogP contribution in [0.5, 0.6) is 0 Å². The number of hydrogen-bond donors (Lipinski definition) is 2. The van der Waals surface area contributed by atoms with Crippen LogP contribution in [0.1, 0.15) is 22.3 Å². The molecule has 9 nitrogen and oxygen atoms in total. The van der Waals surface area contributed by atoms with Crippen molar-refractivity contribution in [3.05, 3.63) is 71.6 Å². The lowest BCUT2D eigenvalue weighted by Gasteiger charge is -2.17. The minimum atomic E-state index is -3.74. The maximum absolute atomic E-state index is 13.0. The Bertz CT molecular complexity index is 1230. The van der Waals surface area contributed by atoms with Crippen LogP contribution in [0.25, 0.3) is 0 Å². The predicted octanol–water partition coefficient (Wildman–Crippen LogP) is 1.76. The van der Waals surface area contributed by atoms with Crippen molar-refractivity contribution in [2.75, 3.05) is 38.6 Å². The van der Waals surface area contributed by atoms with Crippen molar-refractivity contribution in [2.45, 2.75) is 17.9 Å². The topological polar surface area (TPSA) is 116 Å². The van der Waals surface area contributed by atoms with Gasteiger partial charge in [0.2, 0.25) is 20.0 Å². The van der Waals surface area contributed by atoms with Gasteiger partial charge in [-0.1, -0.05) is 18.7 Å². The van der Waals surface area contributed by atoms with Gasteiger partial charge < -0.3 is 10.2 Å². The first kappa shape index (κ1) is 25.9. The Labute approximate surface area is 201 Å². The van der Waals surface area contributed by atoms with E-state index in [1.807, 2.05) is 43.3 Å². The Morgan fingerprint density at radius 2 is 1.74 bits per heavy atom. The van der Waals surface area contributed by atoms with E-state index in [1.54, 1.807) is 0 Å². The molecule has 1 fully saturated rings. The SMILES string of the molecule is C=CS(=O)(=O)NCC1CCN(S(=O)(=O)c2ccc(C(=O)NCc3ccc(N(C)C)cc3)cc2)C1. The van der Waals surface area contributed by atoms with Crippen molar-refractivity contribution in [3.63, 3.8) is 0 Å². The molecule has 184 valence electrons. The Morgan fingerprint density at radius 1 is 1.09 bits per heavy atom. The van der Waals surface area contributed by atoms with Crippen LogP contribution in [0.15, 0.2) is 65.4 Å². The van der Waals surface area contributed by atoms with E-state index < -0.39 is 20.0 Å². The molecule has 2 aromatic rings. The molecule has 1 amide bonds. The van der Waals surface area contributed by atoms with Crippen LogP contribution in [0.4, 0.5) is 5.69 Å². The molecule has 2 aromatic carbocycles. The third-order valence-electron chi connectivity index (χ3n) is 5.70. The van der Waals surface area contributed by atoms with Crippen molar-refractivity contribution in [3.8, 4) is 0 Å². The molecule has 2 N–H and O–H groups in total. The van der Waals surface area contributed by atoms with Crippen LogP contribution in [-0.4, -0.2) is 60.8 Å². The predicted molar refractivity (Wildman–Crippen MR) is 132 cm³/mol. The summed E-state index contributed by atoms with van der Waals surface area (Å²) in [5, 5.41) is 3.67. The largest absolute Gasteiger partial charge is 0.378 e. The number of anilines is 1. The van der Waals surface area contributed by atoms with E-state index in [2.05, 4.69) is 16.6 Å². The molecular formula is C23H30N4O5S2. The van der Waals surface area contributed by atoms with Crippen molar-refractivity contribution in [1.82, 2.24) is 14.3 Å². The summed E-state index contributed by atoms with van der Waals surface area (Å²) in [7, 11) is -3.38. The molecule has 1 aliphatic rings. The minimum absolute atomic E-state index is 0.0932. The number of rotatable bonds is 10. The molecule has 0 radical (unpaired) electrons. The Balaban J connectivity index is 1.57. The first-order valence-corrected chi connectivity index (χ1v) is 13.8. The molecule has 1 saturated heterocycles. The third-order valence-corrected chi connectivity index (χ3v) is 8.59. The number of nitrogens with one attached hydrogen (secondary N) is 2. The third kappa shape index (κ3) is 6.44. The van der Waals surface area contributed by atoms with E-state index >= 15 is 0 Å². The molecule has 11 heteroatoms. The van der Waals surface area contributed by atoms with E-state index in [-0.39, 0.29) is 29.8 Å². The Hall–Kier alpha value is -2.73. The second kappa shape index (κ2) is 10.7. The maximum atomic E-state index is 13.0. The van der Waals surface area contributed by atoms with Crippen LogP contribution in [-0.2, 0) is 26.6 Å². The number of carbonyl (C=O) groups excluding carboxylic acids is 1. The van der Waals surface area contributed by atoms with Gasteiger partial charge in [0.15, 0.2) is 0 Å². The summed E-state index contributed by atoms with van der Waals surface area (Å²) >= 11 is 0. The number of benzene rings is 2. The van der Waals surface area contributed by atoms with Gasteiger partial charge in [-0.25, -0.2) is 21.6 Å². The van der Waals surface area contributed by atoms with Crippen LogP contribution in [0, 0.1) is 5.92 Å². The number of hydrogen-bond acceptors (Lipinski definition) is 6. The highest BCUT2D eigenvalue weighted by Gasteiger charge is 2.32. The Kier molecular flexibility index (Phi) is 8.13. The van der Waals surface area contributed by atoms with Crippen LogP contribution < -0.4 is 14.9 Å². The van der Waals surface area contributed by atoms with Gasteiger partial charge in [0.25, 0.3) is 5.91 Å². The van der Waals surface area contributed by atoms with Crippen LogP contribution in [0.3, 0.4) is 0 Å². The van der Waals surface area contributed by atoms with Crippen LogP contribution in [0.2, 0.25) is 0 Å². The monoisotopic (exact) mass is 506 g/mol. The van der Waals surface area contributed by atoms with Crippen molar-refractivity contribution in [1.29, 1.82) is 0 Å². The average Bonchev–Trinajstić information content (AvgIpc) is 3.32. The standard InChI is InChI=1S/C23H30N4O5S2/c1-4-33(29,30)25-16-19-13-14-27(17-19)34(31,32)22-11-7-20(8-12-22)23(28)24-15-18-5-9-21(10-6-18)26(2)3/h4-12,19,25H,1,13-17H2,2-3H3,(H,24,28). The van der Waals surface area contributed by atoms with Crippen LogP contribution >= 0.6 is 0 Å². The molecule has 0 aromatic heterocycles. The van der Waals surface area contributed by atoms with Gasteiger partial charge in [0.1, 0.15) is 0 Å². The van der Waals surface area contributed by atoms with Crippen molar-refractivity contribution >= 4 is 31.6 Å². The lowest BCUT2D eigenvalue weighted by molar-refractivity contribution is 0.0950. The van der Waals surface area contributed by atoms with Gasteiger partial charge in [-0.2, -0.15) is 4.31 Å². The molecule has 3 rings (SSSR count). The quantitative estimate of drug-likeness (QED) is 0.507. The second-order valence-electron chi connectivity index (χ2n) is 8.35. The molecule has 1 unspecified atom stereocenters. The summed E-state index contributed by atoms with van der Waals surface area (Å²) in [5.74, 6) is -0.419. The number of carbonyl (C=O) groups is 1. The number of nitrogens with zero attached hydrogens (tertiary/aromatic N) is 2. The van der Waals surface area contributed by atoms with E-state index in [0.717, 1.165) is 16.7 Å². The Morgan fingerprint density at radius 3 is 2.32 bits per heavy atom. The van der Waals surface area contributed by atoms with Gasteiger partial charge >= 0.3 is 0 Å². The fourth-order valence-electron chi connectivity index (χ4n) is 3.60. The summed E-state index contributed by atoms with van der Waals surface area (Å²) in [6.07, 6.45) is 0.551. The zero-order chi connectivity index (χ0) is 24.9. The zero-order valence-corrected chi connectivity index (χ0v) is 20.9. The molecule has 0 bridgehead atoms. The highest BCUT2D eigenvalue weighted by atomic mass is 32.2. The summed E-state index contributed by atoms with van der Waals surface area (Å²) in [5.41, 5.74) is 2.38. The molecule has 0 spiro atoms. The molecule has 1 atom stereocenters. The van der Waals surface area contributed by atoms with E-state index in [0.29, 0.717) is 25.1 Å². The minimum Gasteiger partial charge on any atom is -0.378 e. The summed E-state index contributed by atoms with van der Waals surface area (Å²) in [6.45, 7) is 4.27. The normalized spacial score (nSPS) is 16.8. The molecular weight excluding hydrogens is 476 g/mol. The maximum Gasteiger partial charge on any atom is 0.251 e. The van der Waals surface area contributed by atoms with Gasteiger partial charge in [0.05, 0.1) is 4.90 Å². The fourth-order valence-corrected chi connectivity index (χ4v) is 5.72. The van der Waals surface area contributed by atoms with Gasteiger partial charge in [0, 0.05) is 56.9 Å². The smallest absolute Gasteiger partial charge is 0.251 e.